The van der Waals surface area contributed by atoms with Gasteiger partial charge in [0.1, 0.15) is 11.5 Å². The van der Waals surface area contributed by atoms with E-state index in [1.54, 1.807) is 12.1 Å². The molecule has 2 rings (SSSR count). The number of benzene rings is 2. The molecule has 0 unspecified atom stereocenters. The Bertz CT molecular complexity index is 653. The van der Waals surface area contributed by atoms with Crippen LogP contribution < -0.4 is 9.88 Å². The van der Waals surface area contributed by atoms with Crippen LogP contribution >= 0.6 is 22.6 Å². The van der Waals surface area contributed by atoms with Crippen molar-refractivity contribution in [2.24, 2.45) is 5.14 Å². The molecule has 0 spiro atoms. The van der Waals surface area contributed by atoms with Crippen molar-refractivity contribution in [3.8, 4) is 11.5 Å². The summed E-state index contributed by atoms with van der Waals surface area (Å²) in [6.07, 6.45) is 0. The standard InChI is InChI=1S/C12H10INO3S/c13-9-2-1-3-11(8-9)17-10-4-6-12(7-5-10)18(14,15)16/h1-8H,(H2,14,15,16). The molecule has 0 aliphatic heterocycles. The first kappa shape index (κ1) is 13.3. The van der Waals surface area contributed by atoms with Gasteiger partial charge in [0.2, 0.25) is 10.0 Å². The number of hydrogen-bond acceptors (Lipinski definition) is 3. The van der Waals surface area contributed by atoms with Gasteiger partial charge in [-0.3, -0.25) is 0 Å². The van der Waals surface area contributed by atoms with Crippen LogP contribution in [0, 0.1) is 3.57 Å². The predicted octanol–water partition coefficient (Wildman–Crippen LogP) is 2.73. The molecule has 0 aliphatic rings. The Labute approximate surface area is 119 Å². The van der Waals surface area contributed by atoms with Gasteiger partial charge in [0, 0.05) is 3.57 Å². The minimum Gasteiger partial charge on any atom is -0.457 e. The summed E-state index contributed by atoms with van der Waals surface area (Å²) in [5, 5.41) is 5.01. The van der Waals surface area contributed by atoms with Crippen LogP contribution in [0.3, 0.4) is 0 Å². The fourth-order valence-electron chi connectivity index (χ4n) is 1.36. The monoisotopic (exact) mass is 375 g/mol. The Balaban J connectivity index is 2.21. The van der Waals surface area contributed by atoms with Crippen LogP contribution in [0.1, 0.15) is 0 Å². The highest BCUT2D eigenvalue weighted by Crippen LogP contribution is 2.23. The summed E-state index contributed by atoms with van der Waals surface area (Å²) in [5.74, 6) is 1.26. The number of rotatable bonds is 3. The maximum Gasteiger partial charge on any atom is 0.238 e. The van der Waals surface area contributed by atoms with E-state index in [1.165, 1.54) is 12.1 Å². The van der Waals surface area contributed by atoms with Crippen LogP contribution in [0.5, 0.6) is 11.5 Å². The molecule has 0 aromatic heterocycles. The summed E-state index contributed by atoms with van der Waals surface area (Å²) in [6, 6.07) is 13.5. The molecule has 2 N–H and O–H groups in total. The molecule has 2 aromatic carbocycles. The number of sulfonamides is 1. The SMILES string of the molecule is NS(=O)(=O)c1ccc(Oc2cccc(I)c2)cc1. The van der Waals surface area contributed by atoms with Gasteiger partial charge in [0.05, 0.1) is 4.90 Å². The normalized spacial score (nSPS) is 11.2. The van der Waals surface area contributed by atoms with E-state index in [0.717, 1.165) is 3.57 Å². The lowest BCUT2D eigenvalue weighted by atomic mass is 10.3. The lowest BCUT2D eigenvalue weighted by Crippen LogP contribution is -2.11. The van der Waals surface area contributed by atoms with Crippen LogP contribution in [0.4, 0.5) is 0 Å². The summed E-state index contributed by atoms with van der Waals surface area (Å²) in [7, 11) is -3.66. The summed E-state index contributed by atoms with van der Waals surface area (Å²) in [6.45, 7) is 0. The second kappa shape index (κ2) is 5.25. The van der Waals surface area contributed by atoms with Crippen LogP contribution in [0.2, 0.25) is 0 Å². The van der Waals surface area contributed by atoms with E-state index in [4.69, 9.17) is 9.88 Å². The van der Waals surface area contributed by atoms with Crippen LogP contribution in [0.15, 0.2) is 53.4 Å². The van der Waals surface area contributed by atoms with Crippen LogP contribution in [0.25, 0.3) is 0 Å². The lowest BCUT2D eigenvalue weighted by Gasteiger charge is -2.06. The van der Waals surface area contributed by atoms with E-state index in [1.807, 2.05) is 24.3 Å². The maximum atomic E-state index is 11.1. The van der Waals surface area contributed by atoms with E-state index in [-0.39, 0.29) is 4.90 Å². The highest BCUT2D eigenvalue weighted by atomic mass is 127. The van der Waals surface area contributed by atoms with Gasteiger partial charge < -0.3 is 4.74 Å². The number of ether oxygens (including phenoxy) is 1. The van der Waals surface area contributed by atoms with Crippen LogP contribution in [-0.4, -0.2) is 8.42 Å². The van der Waals surface area contributed by atoms with E-state index in [9.17, 15) is 8.42 Å². The number of hydrogen-bond donors (Lipinski definition) is 1. The highest BCUT2D eigenvalue weighted by Gasteiger charge is 2.07. The molecule has 0 heterocycles. The zero-order valence-corrected chi connectivity index (χ0v) is 12.2. The predicted molar refractivity (Wildman–Crippen MR) is 77.0 cm³/mol. The second-order valence-electron chi connectivity index (χ2n) is 3.58. The van der Waals surface area contributed by atoms with Gasteiger partial charge in [-0.1, -0.05) is 6.07 Å². The van der Waals surface area contributed by atoms with E-state index < -0.39 is 10.0 Å². The smallest absolute Gasteiger partial charge is 0.238 e. The zero-order valence-electron chi connectivity index (χ0n) is 9.21. The van der Waals surface area contributed by atoms with Crippen molar-refractivity contribution in [3.05, 3.63) is 52.1 Å². The third kappa shape index (κ3) is 3.44. The third-order valence-electron chi connectivity index (χ3n) is 2.18. The quantitative estimate of drug-likeness (QED) is 0.839. The first-order chi connectivity index (χ1) is 8.45. The van der Waals surface area contributed by atoms with Gasteiger partial charge in [-0.25, -0.2) is 13.6 Å². The van der Waals surface area contributed by atoms with Crippen molar-refractivity contribution in [2.75, 3.05) is 0 Å². The molecule has 2 aromatic rings. The molecule has 0 radical (unpaired) electrons. The Kier molecular flexibility index (Phi) is 3.88. The Morgan fingerprint density at radius 2 is 1.67 bits per heavy atom. The molecule has 0 saturated carbocycles. The number of primary sulfonamides is 1. The largest absolute Gasteiger partial charge is 0.457 e. The Hall–Kier alpha value is -1.12. The van der Waals surface area contributed by atoms with Gasteiger partial charge in [0.25, 0.3) is 0 Å². The second-order valence-corrected chi connectivity index (χ2v) is 6.38. The van der Waals surface area contributed by atoms with Gasteiger partial charge in [-0.2, -0.15) is 0 Å². The average molecular weight is 375 g/mol. The molecular weight excluding hydrogens is 365 g/mol. The molecule has 0 atom stereocenters. The van der Waals surface area contributed by atoms with Crippen molar-refractivity contribution in [3.63, 3.8) is 0 Å². The summed E-state index contributed by atoms with van der Waals surface area (Å²) in [4.78, 5) is 0.0671. The molecule has 6 heteroatoms. The molecule has 0 bridgehead atoms. The first-order valence-electron chi connectivity index (χ1n) is 5.01. The van der Waals surface area contributed by atoms with Crippen molar-refractivity contribution >= 4 is 32.6 Å². The van der Waals surface area contributed by atoms with Gasteiger partial charge in [0.15, 0.2) is 0 Å². The number of halogens is 1. The van der Waals surface area contributed by atoms with Gasteiger partial charge in [-0.05, 0) is 65.1 Å². The maximum absolute atomic E-state index is 11.1. The summed E-state index contributed by atoms with van der Waals surface area (Å²) >= 11 is 2.19. The number of nitrogens with two attached hydrogens (primary N) is 1. The van der Waals surface area contributed by atoms with E-state index in [0.29, 0.717) is 11.5 Å². The van der Waals surface area contributed by atoms with Crippen molar-refractivity contribution in [1.29, 1.82) is 0 Å². The van der Waals surface area contributed by atoms with E-state index in [2.05, 4.69) is 22.6 Å². The van der Waals surface area contributed by atoms with Gasteiger partial charge in [-0.15, -0.1) is 0 Å². The lowest BCUT2D eigenvalue weighted by molar-refractivity contribution is 0.482. The van der Waals surface area contributed by atoms with Crippen molar-refractivity contribution in [1.82, 2.24) is 0 Å². The molecule has 0 saturated heterocycles. The van der Waals surface area contributed by atoms with Crippen molar-refractivity contribution in [2.45, 2.75) is 4.90 Å². The molecule has 0 amide bonds. The topological polar surface area (TPSA) is 69.4 Å². The molecular formula is C12H10INO3S. The summed E-state index contributed by atoms with van der Waals surface area (Å²) < 4.78 is 28.8. The minimum absolute atomic E-state index is 0.0671. The minimum atomic E-state index is -3.66. The van der Waals surface area contributed by atoms with Gasteiger partial charge >= 0.3 is 0 Å². The summed E-state index contributed by atoms with van der Waals surface area (Å²) in [5.41, 5.74) is 0. The third-order valence-corrected chi connectivity index (χ3v) is 3.78. The molecule has 18 heavy (non-hydrogen) atoms. The molecule has 0 aliphatic carbocycles. The van der Waals surface area contributed by atoms with Crippen LogP contribution in [-0.2, 0) is 10.0 Å². The Morgan fingerprint density at radius 1 is 1.00 bits per heavy atom. The fourth-order valence-corrected chi connectivity index (χ4v) is 2.39. The molecule has 94 valence electrons. The zero-order chi connectivity index (χ0) is 13.2. The van der Waals surface area contributed by atoms with Crippen molar-refractivity contribution < 1.29 is 13.2 Å². The molecule has 0 fully saturated rings. The fraction of sp³-hybridized carbons (Fsp3) is 0. The average Bonchev–Trinajstić information content (AvgIpc) is 2.28. The Morgan fingerprint density at radius 3 is 2.22 bits per heavy atom. The highest BCUT2D eigenvalue weighted by molar-refractivity contribution is 14.1. The van der Waals surface area contributed by atoms with E-state index >= 15 is 0 Å². The first-order valence-corrected chi connectivity index (χ1v) is 7.64. The molecule has 4 nitrogen and oxygen atoms in total.